The molecular weight excluding hydrogens is 294 g/mol. The van der Waals surface area contributed by atoms with Gasteiger partial charge in [-0.25, -0.2) is 4.98 Å². The molecule has 2 N–H and O–H groups in total. The van der Waals surface area contributed by atoms with Gasteiger partial charge in [-0.1, -0.05) is 28.9 Å². The van der Waals surface area contributed by atoms with Crippen LogP contribution in [-0.2, 0) is 6.42 Å². The van der Waals surface area contributed by atoms with Gasteiger partial charge in [0.1, 0.15) is 17.4 Å². The Morgan fingerprint density at radius 1 is 1.33 bits per heavy atom. The van der Waals surface area contributed by atoms with Crippen LogP contribution in [-0.4, -0.2) is 9.97 Å². The quantitative estimate of drug-likeness (QED) is 0.943. The van der Waals surface area contributed by atoms with Gasteiger partial charge in [-0.15, -0.1) is 0 Å². The molecule has 94 valence electrons. The van der Waals surface area contributed by atoms with Crippen LogP contribution in [0.4, 0.5) is 5.82 Å². The molecule has 0 spiro atoms. The summed E-state index contributed by atoms with van der Waals surface area (Å²) < 4.78 is 6.71. The molecule has 2 aromatic rings. The standard InChI is InChI=1S/C13H14BrN3O/c1-3-11-16-12(15)8(2)13(17-11)18-10-6-4-5-9(14)7-10/h4-7H,3H2,1-2H3,(H2,15,16,17). The van der Waals surface area contributed by atoms with E-state index in [1.165, 1.54) is 0 Å². The summed E-state index contributed by atoms with van der Waals surface area (Å²) in [4.78, 5) is 8.54. The predicted octanol–water partition coefficient (Wildman–Crippen LogP) is 3.48. The van der Waals surface area contributed by atoms with Gasteiger partial charge in [-0.05, 0) is 25.1 Å². The second-order valence-corrected chi connectivity index (χ2v) is 4.78. The summed E-state index contributed by atoms with van der Waals surface area (Å²) in [5.74, 6) is 2.38. The van der Waals surface area contributed by atoms with Crippen molar-refractivity contribution in [1.29, 1.82) is 0 Å². The Kier molecular flexibility index (Phi) is 3.81. The zero-order valence-corrected chi connectivity index (χ0v) is 11.9. The first-order valence-corrected chi connectivity index (χ1v) is 6.46. The highest BCUT2D eigenvalue weighted by atomic mass is 79.9. The van der Waals surface area contributed by atoms with Gasteiger partial charge < -0.3 is 10.5 Å². The SMILES string of the molecule is CCc1nc(N)c(C)c(Oc2cccc(Br)c2)n1. The molecule has 0 fully saturated rings. The molecular formula is C13H14BrN3O. The summed E-state index contributed by atoms with van der Waals surface area (Å²) in [6.45, 7) is 3.83. The molecule has 0 aliphatic rings. The van der Waals surface area contributed by atoms with Crippen LogP contribution in [0.25, 0.3) is 0 Å². The monoisotopic (exact) mass is 307 g/mol. The van der Waals surface area contributed by atoms with Crippen molar-refractivity contribution in [3.8, 4) is 11.6 Å². The van der Waals surface area contributed by atoms with Crippen LogP contribution in [0, 0.1) is 6.92 Å². The number of ether oxygens (including phenoxy) is 1. The number of halogens is 1. The Morgan fingerprint density at radius 3 is 2.78 bits per heavy atom. The molecule has 0 saturated carbocycles. The summed E-state index contributed by atoms with van der Waals surface area (Å²) in [5, 5.41) is 0. The minimum atomic E-state index is 0.465. The zero-order valence-electron chi connectivity index (χ0n) is 10.3. The van der Waals surface area contributed by atoms with Gasteiger partial charge in [0.25, 0.3) is 0 Å². The molecule has 0 saturated heterocycles. The summed E-state index contributed by atoms with van der Waals surface area (Å²) in [6.07, 6.45) is 0.722. The fraction of sp³-hybridized carbons (Fsp3) is 0.231. The Balaban J connectivity index is 2.36. The predicted molar refractivity (Wildman–Crippen MR) is 74.8 cm³/mol. The molecule has 0 aliphatic carbocycles. The van der Waals surface area contributed by atoms with E-state index < -0.39 is 0 Å². The van der Waals surface area contributed by atoms with Gasteiger partial charge in [0.2, 0.25) is 5.88 Å². The van der Waals surface area contributed by atoms with Crippen molar-refractivity contribution in [2.45, 2.75) is 20.3 Å². The number of rotatable bonds is 3. The molecule has 0 radical (unpaired) electrons. The molecule has 18 heavy (non-hydrogen) atoms. The first-order chi connectivity index (χ1) is 8.60. The first-order valence-electron chi connectivity index (χ1n) is 5.66. The molecule has 1 heterocycles. The molecule has 2 rings (SSSR count). The van der Waals surface area contributed by atoms with E-state index >= 15 is 0 Å². The first kappa shape index (κ1) is 12.8. The Labute approximate surface area is 114 Å². The van der Waals surface area contributed by atoms with Crippen molar-refractivity contribution in [2.24, 2.45) is 0 Å². The maximum absolute atomic E-state index is 5.84. The highest BCUT2D eigenvalue weighted by molar-refractivity contribution is 9.10. The second kappa shape index (κ2) is 5.35. The van der Waals surface area contributed by atoms with E-state index in [1.54, 1.807) is 0 Å². The Morgan fingerprint density at radius 2 is 2.11 bits per heavy atom. The lowest BCUT2D eigenvalue weighted by Gasteiger charge is -2.10. The van der Waals surface area contributed by atoms with Crippen molar-refractivity contribution in [1.82, 2.24) is 9.97 Å². The van der Waals surface area contributed by atoms with Crippen molar-refractivity contribution in [3.63, 3.8) is 0 Å². The van der Waals surface area contributed by atoms with Crippen molar-refractivity contribution in [2.75, 3.05) is 5.73 Å². The van der Waals surface area contributed by atoms with E-state index in [4.69, 9.17) is 10.5 Å². The number of anilines is 1. The van der Waals surface area contributed by atoms with Crippen LogP contribution in [0.5, 0.6) is 11.6 Å². The summed E-state index contributed by atoms with van der Waals surface area (Å²) in [7, 11) is 0. The molecule has 0 bridgehead atoms. The Hall–Kier alpha value is -1.62. The lowest BCUT2D eigenvalue weighted by Crippen LogP contribution is -2.04. The van der Waals surface area contributed by atoms with E-state index in [0.29, 0.717) is 23.3 Å². The Bertz CT molecular complexity index is 572. The molecule has 1 aromatic carbocycles. The lowest BCUT2D eigenvalue weighted by molar-refractivity contribution is 0.455. The number of hydrogen-bond acceptors (Lipinski definition) is 4. The van der Waals surface area contributed by atoms with Crippen molar-refractivity contribution in [3.05, 3.63) is 40.1 Å². The van der Waals surface area contributed by atoms with E-state index in [0.717, 1.165) is 16.5 Å². The third-order valence-electron chi connectivity index (χ3n) is 2.51. The van der Waals surface area contributed by atoms with E-state index in [1.807, 2.05) is 38.1 Å². The highest BCUT2D eigenvalue weighted by Gasteiger charge is 2.10. The maximum atomic E-state index is 5.84. The number of nitrogen functional groups attached to an aromatic ring is 1. The smallest absolute Gasteiger partial charge is 0.227 e. The average molecular weight is 308 g/mol. The van der Waals surface area contributed by atoms with E-state index in [2.05, 4.69) is 25.9 Å². The van der Waals surface area contributed by atoms with Gasteiger partial charge in [-0.3, -0.25) is 0 Å². The molecule has 4 nitrogen and oxygen atoms in total. The van der Waals surface area contributed by atoms with Gasteiger partial charge in [0, 0.05) is 10.9 Å². The van der Waals surface area contributed by atoms with Crippen LogP contribution < -0.4 is 10.5 Å². The number of nitrogens with zero attached hydrogens (tertiary/aromatic N) is 2. The second-order valence-electron chi connectivity index (χ2n) is 3.87. The summed E-state index contributed by atoms with van der Waals surface area (Å²) in [6, 6.07) is 7.59. The minimum absolute atomic E-state index is 0.465. The van der Waals surface area contributed by atoms with Gasteiger partial charge in [0.15, 0.2) is 0 Å². The van der Waals surface area contributed by atoms with Gasteiger partial charge >= 0.3 is 0 Å². The van der Waals surface area contributed by atoms with Crippen LogP contribution in [0.1, 0.15) is 18.3 Å². The van der Waals surface area contributed by atoms with Crippen LogP contribution in [0.15, 0.2) is 28.7 Å². The molecule has 0 atom stereocenters. The molecule has 0 aliphatic heterocycles. The molecule has 5 heteroatoms. The number of aryl methyl sites for hydroxylation is 1. The number of hydrogen-bond donors (Lipinski definition) is 1. The summed E-state index contributed by atoms with van der Waals surface area (Å²) >= 11 is 3.40. The average Bonchev–Trinajstić information content (AvgIpc) is 2.34. The topological polar surface area (TPSA) is 61.0 Å². The van der Waals surface area contributed by atoms with E-state index in [9.17, 15) is 0 Å². The van der Waals surface area contributed by atoms with Gasteiger partial charge in [-0.2, -0.15) is 4.98 Å². The van der Waals surface area contributed by atoms with Crippen molar-refractivity contribution >= 4 is 21.7 Å². The largest absolute Gasteiger partial charge is 0.439 e. The van der Waals surface area contributed by atoms with Crippen LogP contribution in [0.3, 0.4) is 0 Å². The van der Waals surface area contributed by atoms with E-state index in [-0.39, 0.29) is 0 Å². The molecule has 0 amide bonds. The normalized spacial score (nSPS) is 10.4. The fourth-order valence-corrected chi connectivity index (χ4v) is 1.84. The molecule has 0 unspecified atom stereocenters. The highest BCUT2D eigenvalue weighted by Crippen LogP contribution is 2.27. The lowest BCUT2D eigenvalue weighted by atomic mass is 10.3. The van der Waals surface area contributed by atoms with Crippen molar-refractivity contribution < 1.29 is 4.74 Å². The van der Waals surface area contributed by atoms with Crippen LogP contribution >= 0.6 is 15.9 Å². The number of nitrogens with two attached hydrogens (primary N) is 1. The summed E-state index contributed by atoms with van der Waals surface area (Å²) in [5.41, 5.74) is 6.60. The molecule has 1 aromatic heterocycles. The van der Waals surface area contributed by atoms with Gasteiger partial charge in [0.05, 0.1) is 5.56 Å². The van der Waals surface area contributed by atoms with Crippen LogP contribution in [0.2, 0.25) is 0 Å². The fourth-order valence-electron chi connectivity index (χ4n) is 1.46. The third-order valence-corrected chi connectivity index (χ3v) is 3.01. The number of benzene rings is 1. The maximum Gasteiger partial charge on any atom is 0.227 e. The third kappa shape index (κ3) is 2.79. The number of aromatic nitrogens is 2. The minimum Gasteiger partial charge on any atom is -0.439 e. The zero-order chi connectivity index (χ0) is 13.1.